The highest BCUT2D eigenvalue weighted by atomic mass is 16.5. The second-order valence-electron chi connectivity index (χ2n) is 5.33. The number of hydrogen-bond donors (Lipinski definition) is 1. The quantitative estimate of drug-likeness (QED) is 0.849. The van der Waals surface area contributed by atoms with Crippen LogP contribution in [0.15, 0.2) is 6.20 Å². The van der Waals surface area contributed by atoms with Crippen LogP contribution < -0.4 is 0 Å². The van der Waals surface area contributed by atoms with Crippen LogP contribution in [-0.2, 0) is 4.74 Å². The minimum atomic E-state index is -0.368. The minimum absolute atomic E-state index is 0.0134. The first-order valence-corrected chi connectivity index (χ1v) is 6.98. The number of aliphatic hydroxyl groups excluding tert-OH is 1. The molecule has 2 atom stereocenters. The smallest absolute Gasteiger partial charge is 0.341 e. The molecule has 0 radical (unpaired) electrons. The zero-order chi connectivity index (χ0) is 14.0. The monoisotopic (exact) mass is 266 g/mol. The molecule has 5 heteroatoms. The first kappa shape index (κ1) is 14.1. The van der Waals surface area contributed by atoms with Gasteiger partial charge in [0.15, 0.2) is 0 Å². The molecule has 5 nitrogen and oxygen atoms in total. The van der Waals surface area contributed by atoms with Crippen molar-refractivity contribution in [1.29, 1.82) is 0 Å². The second kappa shape index (κ2) is 5.74. The number of hydrogen-bond acceptors (Lipinski definition) is 4. The average molecular weight is 266 g/mol. The molecule has 106 valence electrons. The third-order valence-electron chi connectivity index (χ3n) is 3.63. The summed E-state index contributed by atoms with van der Waals surface area (Å²) in [6, 6.07) is -0.0134. The largest absolute Gasteiger partial charge is 0.462 e. The molecule has 0 saturated heterocycles. The standard InChI is InChI=1S/C14H22N2O3/c1-4-19-14(18)10-8-15-16(13(10)9(2)3)11-6-5-7-12(11)17/h8-9,11-12,17H,4-7H2,1-3H3. The van der Waals surface area contributed by atoms with E-state index in [1.165, 1.54) is 0 Å². The number of rotatable bonds is 4. The molecule has 1 aromatic rings. The highest BCUT2D eigenvalue weighted by Gasteiger charge is 2.32. The predicted molar refractivity (Wildman–Crippen MR) is 71.2 cm³/mol. The number of esters is 1. The van der Waals surface area contributed by atoms with Crippen molar-refractivity contribution in [2.45, 2.75) is 58.1 Å². The van der Waals surface area contributed by atoms with E-state index >= 15 is 0 Å². The Bertz CT molecular complexity index is 454. The molecule has 0 bridgehead atoms. The summed E-state index contributed by atoms with van der Waals surface area (Å²) in [6.07, 6.45) is 3.91. The van der Waals surface area contributed by atoms with Gasteiger partial charge < -0.3 is 9.84 Å². The fourth-order valence-electron chi connectivity index (χ4n) is 2.78. The van der Waals surface area contributed by atoms with E-state index in [9.17, 15) is 9.90 Å². The molecule has 0 aliphatic heterocycles. The van der Waals surface area contributed by atoms with Crippen LogP contribution in [0.2, 0.25) is 0 Å². The van der Waals surface area contributed by atoms with Crippen molar-refractivity contribution in [1.82, 2.24) is 9.78 Å². The van der Waals surface area contributed by atoms with Gasteiger partial charge in [-0.15, -0.1) is 0 Å². The molecule has 2 unspecified atom stereocenters. The first-order valence-electron chi connectivity index (χ1n) is 6.98. The third-order valence-corrected chi connectivity index (χ3v) is 3.63. The second-order valence-corrected chi connectivity index (χ2v) is 5.33. The first-order chi connectivity index (χ1) is 9.06. The van der Waals surface area contributed by atoms with E-state index < -0.39 is 0 Å². The van der Waals surface area contributed by atoms with Gasteiger partial charge >= 0.3 is 5.97 Å². The molecule has 1 aromatic heterocycles. The topological polar surface area (TPSA) is 64.3 Å². The number of nitrogens with zero attached hydrogens (tertiary/aromatic N) is 2. The van der Waals surface area contributed by atoms with Crippen LogP contribution in [-0.4, -0.2) is 33.6 Å². The van der Waals surface area contributed by atoms with E-state index in [-0.39, 0.29) is 24.0 Å². The normalized spacial score (nSPS) is 23.0. The molecule has 0 aromatic carbocycles. The maximum absolute atomic E-state index is 11.9. The van der Waals surface area contributed by atoms with E-state index in [4.69, 9.17) is 4.74 Å². The van der Waals surface area contributed by atoms with Crippen LogP contribution in [0.3, 0.4) is 0 Å². The molecule has 1 aliphatic rings. The molecule has 2 rings (SSSR count). The Morgan fingerprint density at radius 3 is 2.84 bits per heavy atom. The molecule has 1 aliphatic carbocycles. The minimum Gasteiger partial charge on any atom is -0.462 e. The van der Waals surface area contributed by atoms with Crippen LogP contribution in [0.5, 0.6) is 0 Å². The van der Waals surface area contributed by atoms with Crippen molar-refractivity contribution in [2.24, 2.45) is 0 Å². The van der Waals surface area contributed by atoms with Gasteiger partial charge in [0.05, 0.1) is 30.6 Å². The van der Waals surface area contributed by atoms with Gasteiger partial charge in [0, 0.05) is 0 Å². The molecular formula is C14H22N2O3. The SMILES string of the molecule is CCOC(=O)c1cnn(C2CCCC2O)c1C(C)C. The molecule has 1 fully saturated rings. The van der Waals surface area contributed by atoms with Crippen LogP contribution in [0.1, 0.15) is 68.0 Å². The van der Waals surface area contributed by atoms with Crippen LogP contribution >= 0.6 is 0 Å². The van der Waals surface area contributed by atoms with E-state index in [0.717, 1.165) is 25.0 Å². The van der Waals surface area contributed by atoms with Crippen LogP contribution in [0.25, 0.3) is 0 Å². The van der Waals surface area contributed by atoms with E-state index in [1.54, 1.807) is 13.1 Å². The fraction of sp³-hybridized carbons (Fsp3) is 0.714. The van der Waals surface area contributed by atoms with E-state index in [0.29, 0.717) is 12.2 Å². The Kier molecular flexibility index (Phi) is 4.24. The van der Waals surface area contributed by atoms with Crippen molar-refractivity contribution in [3.63, 3.8) is 0 Å². The lowest BCUT2D eigenvalue weighted by Crippen LogP contribution is -2.22. The summed E-state index contributed by atoms with van der Waals surface area (Å²) in [5, 5.41) is 14.4. The maximum Gasteiger partial charge on any atom is 0.341 e. The van der Waals surface area contributed by atoms with E-state index in [1.807, 2.05) is 18.5 Å². The zero-order valence-electron chi connectivity index (χ0n) is 11.8. The van der Waals surface area contributed by atoms with Gasteiger partial charge in [0.25, 0.3) is 0 Å². The fourth-order valence-corrected chi connectivity index (χ4v) is 2.78. The van der Waals surface area contributed by atoms with Crippen molar-refractivity contribution in [3.05, 3.63) is 17.5 Å². The molecule has 1 heterocycles. The van der Waals surface area contributed by atoms with Gasteiger partial charge in [-0.1, -0.05) is 13.8 Å². The third kappa shape index (κ3) is 2.66. The Morgan fingerprint density at radius 1 is 1.58 bits per heavy atom. The number of ether oxygens (including phenoxy) is 1. The van der Waals surface area contributed by atoms with Gasteiger partial charge in [-0.05, 0) is 32.1 Å². The molecular weight excluding hydrogens is 244 g/mol. The number of carbonyl (C=O) groups excluding carboxylic acids is 1. The van der Waals surface area contributed by atoms with Crippen molar-refractivity contribution >= 4 is 5.97 Å². The van der Waals surface area contributed by atoms with Gasteiger partial charge in [-0.3, -0.25) is 4.68 Å². The molecule has 1 N–H and O–H groups in total. The summed E-state index contributed by atoms with van der Waals surface area (Å²) in [6.45, 7) is 6.20. The highest BCUT2D eigenvalue weighted by molar-refractivity contribution is 5.90. The maximum atomic E-state index is 11.9. The summed E-state index contributed by atoms with van der Waals surface area (Å²) >= 11 is 0. The van der Waals surface area contributed by atoms with Gasteiger partial charge in [-0.2, -0.15) is 5.10 Å². The zero-order valence-corrected chi connectivity index (χ0v) is 11.8. The van der Waals surface area contributed by atoms with Crippen LogP contribution in [0, 0.1) is 0 Å². The predicted octanol–water partition coefficient (Wildman–Crippen LogP) is 2.27. The Balaban J connectivity index is 2.37. The number of aromatic nitrogens is 2. The summed E-state index contributed by atoms with van der Waals surface area (Å²) in [4.78, 5) is 11.9. The molecule has 0 spiro atoms. The lowest BCUT2D eigenvalue weighted by Gasteiger charge is -2.20. The van der Waals surface area contributed by atoms with Crippen molar-refractivity contribution in [2.75, 3.05) is 6.61 Å². The Morgan fingerprint density at radius 2 is 2.32 bits per heavy atom. The summed E-state index contributed by atoms with van der Waals surface area (Å²) in [5.41, 5.74) is 1.39. The number of aliphatic hydroxyl groups is 1. The summed E-state index contributed by atoms with van der Waals surface area (Å²) in [7, 11) is 0. The number of carbonyl (C=O) groups is 1. The molecule has 19 heavy (non-hydrogen) atoms. The molecule has 1 saturated carbocycles. The average Bonchev–Trinajstić information content (AvgIpc) is 2.94. The van der Waals surface area contributed by atoms with E-state index in [2.05, 4.69) is 5.10 Å². The Hall–Kier alpha value is -1.36. The van der Waals surface area contributed by atoms with Crippen LogP contribution in [0.4, 0.5) is 0 Å². The van der Waals surface area contributed by atoms with Crippen molar-refractivity contribution in [3.8, 4) is 0 Å². The highest BCUT2D eigenvalue weighted by Crippen LogP contribution is 2.33. The lowest BCUT2D eigenvalue weighted by atomic mass is 10.0. The summed E-state index contributed by atoms with van der Waals surface area (Å²) in [5.74, 6) is -0.167. The van der Waals surface area contributed by atoms with Gasteiger partial charge in [0.1, 0.15) is 5.56 Å². The van der Waals surface area contributed by atoms with Crippen molar-refractivity contribution < 1.29 is 14.6 Å². The summed E-state index contributed by atoms with van der Waals surface area (Å²) < 4.78 is 6.89. The lowest BCUT2D eigenvalue weighted by molar-refractivity contribution is 0.0523. The Labute approximate surface area is 113 Å². The van der Waals surface area contributed by atoms with Gasteiger partial charge in [0.2, 0.25) is 0 Å². The molecule has 0 amide bonds. The van der Waals surface area contributed by atoms with Gasteiger partial charge in [-0.25, -0.2) is 4.79 Å².